The van der Waals surface area contributed by atoms with Crippen molar-refractivity contribution in [2.45, 2.75) is 51.9 Å². The molecule has 0 radical (unpaired) electrons. The van der Waals surface area contributed by atoms with E-state index in [0.29, 0.717) is 49.0 Å². The van der Waals surface area contributed by atoms with Gasteiger partial charge in [-0.1, -0.05) is 13.8 Å². The molecule has 2 aliphatic heterocycles. The number of carbonyl (C=O) groups is 1. The van der Waals surface area contributed by atoms with Crippen molar-refractivity contribution in [2.24, 2.45) is 16.9 Å². The Balaban J connectivity index is 1.43. The molecule has 4 rings (SSSR count). The fourth-order valence-electron chi connectivity index (χ4n) is 5.04. The zero-order valence-electron chi connectivity index (χ0n) is 21.4. The first-order valence-electron chi connectivity index (χ1n) is 12.6. The van der Waals surface area contributed by atoms with Gasteiger partial charge in [-0.3, -0.25) is 9.80 Å². The van der Waals surface area contributed by atoms with Crippen molar-refractivity contribution in [2.75, 3.05) is 29.6 Å². The van der Waals surface area contributed by atoms with Crippen LogP contribution in [-0.4, -0.2) is 54.8 Å². The summed E-state index contributed by atoms with van der Waals surface area (Å²) in [5, 5.41) is 14.1. The third kappa shape index (κ3) is 5.97. The first kappa shape index (κ1) is 27.5. The quantitative estimate of drug-likeness (QED) is 0.433. The van der Waals surface area contributed by atoms with Gasteiger partial charge in [0, 0.05) is 37.4 Å². The van der Waals surface area contributed by atoms with Crippen LogP contribution in [0.3, 0.4) is 0 Å². The lowest BCUT2D eigenvalue weighted by Crippen LogP contribution is -2.44. The molecule has 1 N–H and O–H groups in total. The van der Waals surface area contributed by atoms with Gasteiger partial charge < -0.3 is 19.5 Å². The highest BCUT2D eigenvalue weighted by Crippen LogP contribution is 2.37. The Hall–Kier alpha value is -3.50. The van der Waals surface area contributed by atoms with E-state index in [2.05, 4.69) is 5.10 Å². The molecule has 1 saturated heterocycles. The normalized spacial score (nSPS) is 23.8. The number of benzene rings is 2. The van der Waals surface area contributed by atoms with Crippen LogP contribution in [-0.2, 0) is 4.79 Å². The summed E-state index contributed by atoms with van der Waals surface area (Å²) < 4.78 is 66.5. The SMILES string of the molecule is CCOc1ccc(F)c(N2CC[C@@H](Oc3ccc(N4N=C(C(F)(F)F)[C@@H](C)[C@@H]4CC(=O)O)cc3)[C@H](C)C2)c1. The molecule has 206 valence electrons. The van der Waals surface area contributed by atoms with Crippen molar-refractivity contribution in [1.82, 2.24) is 0 Å². The van der Waals surface area contributed by atoms with Crippen molar-refractivity contribution >= 4 is 23.1 Å². The van der Waals surface area contributed by atoms with Crippen molar-refractivity contribution in [3.8, 4) is 11.5 Å². The second kappa shape index (κ2) is 11.1. The van der Waals surface area contributed by atoms with E-state index >= 15 is 0 Å². The van der Waals surface area contributed by atoms with E-state index in [1.54, 1.807) is 36.4 Å². The average molecular weight is 538 g/mol. The van der Waals surface area contributed by atoms with Gasteiger partial charge in [-0.25, -0.2) is 4.39 Å². The Morgan fingerprint density at radius 1 is 1.13 bits per heavy atom. The van der Waals surface area contributed by atoms with E-state index in [1.807, 2.05) is 18.7 Å². The van der Waals surface area contributed by atoms with Crippen molar-refractivity contribution < 1.29 is 36.9 Å². The molecule has 38 heavy (non-hydrogen) atoms. The van der Waals surface area contributed by atoms with Crippen molar-refractivity contribution in [3.05, 3.63) is 48.3 Å². The number of carboxylic acid groups (broad SMARTS) is 1. The highest BCUT2D eigenvalue weighted by atomic mass is 19.4. The third-order valence-electron chi connectivity index (χ3n) is 7.00. The number of hydrazone groups is 1. The number of hydrogen-bond acceptors (Lipinski definition) is 6. The maximum absolute atomic E-state index is 14.5. The molecule has 11 heteroatoms. The summed E-state index contributed by atoms with van der Waals surface area (Å²) in [4.78, 5) is 13.3. The number of rotatable bonds is 8. The number of piperidine rings is 1. The first-order valence-corrected chi connectivity index (χ1v) is 12.6. The Kier molecular flexibility index (Phi) is 8.03. The summed E-state index contributed by atoms with van der Waals surface area (Å²) in [6, 6.07) is 10.2. The molecule has 1 fully saturated rings. The number of nitrogens with zero attached hydrogens (tertiary/aromatic N) is 3. The maximum Gasteiger partial charge on any atom is 0.431 e. The highest BCUT2D eigenvalue weighted by molar-refractivity contribution is 5.95. The fraction of sp³-hybridized carbons (Fsp3) is 0.481. The smallest absolute Gasteiger partial charge is 0.431 e. The van der Waals surface area contributed by atoms with Gasteiger partial charge in [-0.15, -0.1) is 0 Å². The number of alkyl halides is 3. The number of ether oxygens (including phenoxy) is 2. The number of aliphatic carboxylic acids is 1. The second-order valence-electron chi connectivity index (χ2n) is 9.69. The lowest BCUT2D eigenvalue weighted by molar-refractivity contribution is -0.137. The monoisotopic (exact) mass is 537 g/mol. The van der Waals surface area contributed by atoms with Gasteiger partial charge in [0.2, 0.25) is 0 Å². The molecular formula is C27H31F4N3O4. The van der Waals surface area contributed by atoms with E-state index in [0.717, 1.165) is 5.01 Å². The number of anilines is 2. The lowest BCUT2D eigenvalue weighted by Gasteiger charge is -2.38. The molecule has 0 spiro atoms. The van der Waals surface area contributed by atoms with Crippen LogP contribution in [0.15, 0.2) is 47.6 Å². The molecule has 0 aromatic heterocycles. The standard InChI is InChI=1S/C27H31F4N3O4/c1-4-37-20-9-10-21(28)23(13-20)33-12-11-24(16(2)15-33)38-19-7-5-18(6-8-19)34-22(14-25(35)36)17(3)26(32-34)27(29,30)31/h5-10,13,16-17,22,24H,4,11-12,14-15H2,1-3H3,(H,35,36)/t16-,17+,22+,24-/m1/s1. The van der Waals surface area contributed by atoms with Crippen LogP contribution >= 0.6 is 0 Å². The predicted octanol–water partition coefficient (Wildman–Crippen LogP) is 5.74. The Morgan fingerprint density at radius 3 is 2.42 bits per heavy atom. The topological polar surface area (TPSA) is 74.6 Å². The minimum atomic E-state index is -4.65. The van der Waals surface area contributed by atoms with Gasteiger partial charge in [-0.05, 0) is 43.3 Å². The molecule has 0 bridgehead atoms. The third-order valence-corrected chi connectivity index (χ3v) is 7.00. The summed E-state index contributed by atoms with van der Waals surface area (Å²) in [7, 11) is 0. The van der Waals surface area contributed by atoms with Gasteiger partial charge >= 0.3 is 12.1 Å². The van der Waals surface area contributed by atoms with Gasteiger partial charge in [0.15, 0.2) is 0 Å². The van der Waals surface area contributed by atoms with Crippen molar-refractivity contribution in [3.63, 3.8) is 0 Å². The molecule has 0 unspecified atom stereocenters. The van der Waals surface area contributed by atoms with E-state index in [-0.39, 0.29) is 17.8 Å². The minimum Gasteiger partial charge on any atom is -0.494 e. The Bertz CT molecular complexity index is 1170. The number of hydrogen-bond donors (Lipinski definition) is 1. The molecule has 2 heterocycles. The number of carboxylic acids is 1. The van der Waals surface area contributed by atoms with Gasteiger partial charge in [0.25, 0.3) is 0 Å². The zero-order valence-corrected chi connectivity index (χ0v) is 21.4. The zero-order chi connectivity index (χ0) is 27.6. The summed E-state index contributed by atoms with van der Waals surface area (Å²) >= 11 is 0. The molecule has 0 amide bonds. The molecule has 2 aromatic rings. The maximum atomic E-state index is 14.5. The molecule has 4 atom stereocenters. The minimum absolute atomic E-state index is 0.0666. The van der Waals surface area contributed by atoms with E-state index < -0.39 is 36.2 Å². The predicted molar refractivity (Wildman–Crippen MR) is 136 cm³/mol. The molecule has 2 aliphatic rings. The summed E-state index contributed by atoms with van der Waals surface area (Å²) in [6.45, 7) is 6.87. The van der Waals surface area contributed by atoms with Crippen LogP contribution in [0.4, 0.5) is 28.9 Å². The first-order chi connectivity index (χ1) is 18.0. The largest absolute Gasteiger partial charge is 0.494 e. The summed E-state index contributed by atoms with van der Waals surface area (Å²) in [5.74, 6) is -1.39. The highest BCUT2D eigenvalue weighted by Gasteiger charge is 2.48. The van der Waals surface area contributed by atoms with Crippen molar-refractivity contribution in [1.29, 1.82) is 0 Å². The van der Waals surface area contributed by atoms with E-state index in [1.165, 1.54) is 13.0 Å². The van der Waals surface area contributed by atoms with E-state index in [9.17, 15) is 27.5 Å². The molecule has 7 nitrogen and oxygen atoms in total. The Labute approximate surface area is 218 Å². The lowest BCUT2D eigenvalue weighted by atomic mass is 9.94. The molecule has 0 saturated carbocycles. The van der Waals surface area contributed by atoms with Gasteiger partial charge in [-0.2, -0.15) is 18.3 Å². The van der Waals surface area contributed by atoms with Crippen LogP contribution in [0.5, 0.6) is 11.5 Å². The molecule has 2 aromatic carbocycles. The van der Waals surface area contributed by atoms with Crippen LogP contribution in [0.2, 0.25) is 0 Å². The molecule has 0 aliphatic carbocycles. The Morgan fingerprint density at radius 2 is 1.82 bits per heavy atom. The summed E-state index contributed by atoms with van der Waals surface area (Å²) in [5.41, 5.74) is -0.157. The van der Waals surface area contributed by atoms with Gasteiger partial charge in [0.1, 0.15) is 29.1 Å². The summed E-state index contributed by atoms with van der Waals surface area (Å²) in [6.07, 6.45) is -4.62. The van der Waals surface area contributed by atoms with Crippen LogP contribution in [0.25, 0.3) is 0 Å². The fourth-order valence-corrected chi connectivity index (χ4v) is 5.04. The van der Waals surface area contributed by atoms with Gasteiger partial charge in [0.05, 0.1) is 30.4 Å². The second-order valence-corrected chi connectivity index (χ2v) is 9.69. The molecular weight excluding hydrogens is 506 g/mol. The average Bonchev–Trinajstić information content (AvgIpc) is 3.18. The van der Waals surface area contributed by atoms with Crippen LogP contribution in [0.1, 0.15) is 33.6 Å². The van der Waals surface area contributed by atoms with E-state index in [4.69, 9.17) is 9.47 Å². The van der Waals surface area contributed by atoms with Crippen LogP contribution < -0.4 is 19.4 Å². The number of halogens is 4. The van der Waals surface area contributed by atoms with Crippen LogP contribution in [0, 0.1) is 17.7 Å².